The highest BCUT2D eigenvalue weighted by atomic mass is 16.4. The van der Waals surface area contributed by atoms with E-state index in [2.05, 4.69) is 26.0 Å². The molecule has 0 saturated heterocycles. The van der Waals surface area contributed by atoms with Gasteiger partial charge in [-0.05, 0) is 55.5 Å². The van der Waals surface area contributed by atoms with Crippen LogP contribution in [0.4, 0.5) is 0 Å². The summed E-state index contributed by atoms with van der Waals surface area (Å²) in [6, 6.07) is 17.7. The van der Waals surface area contributed by atoms with Crippen molar-refractivity contribution in [2.24, 2.45) is 0 Å². The van der Waals surface area contributed by atoms with Crippen LogP contribution < -0.4 is 10.9 Å². The number of carbonyl (C=O) groups excluding carboxylic acids is 2. The van der Waals surface area contributed by atoms with E-state index in [0.717, 1.165) is 11.1 Å². The van der Waals surface area contributed by atoms with Gasteiger partial charge < -0.3 is 9.40 Å². The third-order valence-corrected chi connectivity index (χ3v) is 4.22. The Hall–Kier alpha value is -4.20. The van der Waals surface area contributed by atoms with E-state index >= 15 is 0 Å². The summed E-state index contributed by atoms with van der Waals surface area (Å²) < 4.78 is 5.75. The summed E-state index contributed by atoms with van der Waals surface area (Å²) in [4.78, 5) is 26.8. The maximum absolute atomic E-state index is 12.2. The molecule has 2 aromatic carbocycles. The van der Waals surface area contributed by atoms with Crippen LogP contribution in [-0.4, -0.2) is 27.0 Å². The number of hydrazine groups is 1. The van der Waals surface area contributed by atoms with E-state index < -0.39 is 11.8 Å². The number of hydrogen-bond donors (Lipinski definition) is 3. The van der Waals surface area contributed by atoms with Crippen LogP contribution in [0.15, 0.2) is 71.3 Å². The van der Waals surface area contributed by atoms with Gasteiger partial charge in [0, 0.05) is 22.9 Å². The second-order valence-corrected chi connectivity index (χ2v) is 6.35. The minimum absolute atomic E-state index is 0.349. The number of aryl methyl sites for hydroxylation is 1. The molecule has 0 radical (unpaired) electrons. The number of rotatable bonds is 4. The van der Waals surface area contributed by atoms with Gasteiger partial charge in [-0.3, -0.25) is 20.4 Å². The second-order valence-electron chi connectivity index (χ2n) is 6.35. The van der Waals surface area contributed by atoms with E-state index in [1.165, 1.54) is 0 Å². The SMILES string of the molecule is Cc1cccc(-c2nnc(-c3ccc(C(=O)NNC(=O)c4ccc[nH]4)cc3)o2)c1. The highest BCUT2D eigenvalue weighted by Gasteiger charge is 2.13. The number of nitrogens with one attached hydrogen (secondary N) is 3. The lowest BCUT2D eigenvalue weighted by Gasteiger charge is -2.06. The van der Waals surface area contributed by atoms with Gasteiger partial charge in [-0.2, -0.15) is 0 Å². The first kappa shape index (κ1) is 18.2. The molecular weight excluding hydrogens is 370 g/mol. The van der Waals surface area contributed by atoms with E-state index in [-0.39, 0.29) is 0 Å². The number of carbonyl (C=O) groups is 2. The summed E-state index contributed by atoms with van der Waals surface area (Å²) in [5.41, 5.74) is 8.06. The van der Waals surface area contributed by atoms with Crippen LogP contribution in [0.25, 0.3) is 22.9 Å². The molecule has 4 rings (SSSR count). The molecule has 0 aliphatic rings. The summed E-state index contributed by atoms with van der Waals surface area (Å²) in [6.45, 7) is 1.99. The highest BCUT2D eigenvalue weighted by molar-refractivity contribution is 5.98. The zero-order valence-corrected chi connectivity index (χ0v) is 15.5. The van der Waals surface area contributed by atoms with Gasteiger partial charge in [0.1, 0.15) is 5.69 Å². The molecule has 0 atom stereocenters. The van der Waals surface area contributed by atoms with Crippen molar-refractivity contribution in [3.05, 3.63) is 83.7 Å². The maximum atomic E-state index is 12.2. The molecule has 2 heterocycles. The van der Waals surface area contributed by atoms with E-state index in [1.807, 2.05) is 31.2 Å². The predicted molar refractivity (Wildman–Crippen MR) is 106 cm³/mol. The van der Waals surface area contributed by atoms with Crippen molar-refractivity contribution in [2.75, 3.05) is 0 Å². The summed E-state index contributed by atoms with van der Waals surface area (Å²) in [7, 11) is 0. The molecule has 0 aliphatic heterocycles. The average Bonchev–Trinajstić information content (AvgIpc) is 3.44. The van der Waals surface area contributed by atoms with Crippen molar-refractivity contribution in [3.8, 4) is 22.9 Å². The fraction of sp³-hybridized carbons (Fsp3) is 0.0476. The summed E-state index contributed by atoms with van der Waals surface area (Å²) in [5, 5.41) is 8.17. The molecule has 4 aromatic rings. The van der Waals surface area contributed by atoms with Gasteiger partial charge in [-0.15, -0.1) is 10.2 Å². The number of hydrogen-bond acceptors (Lipinski definition) is 5. The van der Waals surface area contributed by atoms with Crippen LogP contribution >= 0.6 is 0 Å². The van der Waals surface area contributed by atoms with Crippen LogP contribution in [0.1, 0.15) is 26.4 Å². The van der Waals surface area contributed by atoms with Gasteiger partial charge in [0.05, 0.1) is 0 Å². The average molecular weight is 387 g/mol. The third-order valence-electron chi connectivity index (χ3n) is 4.22. The van der Waals surface area contributed by atoms with Crippen molar-refractivity contribution in [2.45, 2.75) is 6.92 Å². The van der Waals surface area contributed by atoms with Crippen LogP contribution in [0.5, 0.6) is 0 Å². The Bertz CT molecular complexity index is 1150. The topological polar surface area (TPSA) is 113 Å². The molecule has 8 nitrogen and oxygen atoms in total. The summed E-state index contributed by atoms with van der Waals surface area (Å²) in [5.74, 6) is -0.0944. The second kappa shape index (κ2) is 7.81. The molecule has 0 fully saturated rings. The lowest BCUT2D eigenvalue weighted by molar-refractivity contribution is 0.0844. The Kier molecular flexibility index (Phi) is 4.90. The molecule has 29 heavy (non-hydrogen) atoms. The van der Waals surface area contributed by atoms with E-state index in [9.17, 15) is 9.59 Å². The molecule has 0 saturated carbocycles. The van der Waals surface area contributed by atoms with Crippen molar-refractivity contribution >= 4 is 11.8 Å². The standard InChI is InChI=1S/C21H17N5O3/c1-13-4-2-5-16(12-13)21-26-25-20(29-21)15-9-7-14(8-10-15)18(27)23-24-19(28)17-6-3-11-22-17/h2-12,22H,1H3,(H,23,27)(H,24,28). The molecule has 8 heteroatoms. The number of aromatic nitrogens is 3. The van der Waals surface area contributed by atoms with Crippen molar-refractivity contribution in [3.63, 3.8) is 0 Å². The Labute approximate surface area is 166 Å². The Balaban J connectivity index is 1.42. The zero-order chi connectivity index (χ0) is 20.2. The largest absolute Gasteiger partial charge is 0.416 e. The molecule has 2 amide bonds. The summed E-state index contributed by atoms with van der Waals surface area (Å²) >= 11 is 0. The smallest absolute Gasteiger partial charge is 0.286 e. The van der Waals surface area contributed by atoms with Crippen LogP contribution in [0, 0.1) is 6.92 Å². The zero-order valence-electron chi connectivity index (χ0n) is 15.5. The molecule has 0 bridgehead atoms. The fourth-order valence-corrected chi connectivity index (χ4v) is 2.72. The molecule has 0 spiro atoms. The predicted octanol–water partition coefficient (Wildman–Crippen LogP) is 3.11. The fourth-order valence-electron chi connectivity index (χ4n) is 2.72. The highest BCUT2D eigenvalue weighted by Crippen LogP contribution is 2.24. The molecular formula is C21H17N5O3. The third kappa shape index (κ3) is 4.06. The first-order valence-corrected chi connectivity index (χ1v) is 8.85. The number of benzene rings is 2. The van der Waals surface area contributed by atoms with Crippen LogP contribution in [-0.2, 0) is 0 Å². The van der Waals surface area contributed by atoms with Gasteiger partial charge in [0.25, 0.3) is 11.8 Å². The molecule has 0 unspecified atom stereocenters. The Morgan fingerprint density at radius 1 is 0.862 bits per heavy atom. The van der Waals surface area contributed by atoms with Gasteiger partial charge in [-0.25, -0.2) is 0 Å². The van der Waals surface area contributed by atoms with Crippen LogP contribution in [0.3, 0.4) is 0 Å². The lowest BCUT2D eigenvalue weighted by Crippen LogP contribution is -2.41. The van der Waals surface area contributed by atoms with Gasteiger partial charge in [0.2, 0.25) is 11.8 Å². The van der Waals surface area contributed by atoms with Crippen LogP contribution in [0.2, 0.25) is 0 Å². The van der Waals surface area contributed by atoms with E-state index in [1.54, 1.807) is 42.6 Å². The van der Waals surface area contributed by atoms with Gasteiger partial charge >= 0.3 is 0 Å². The van der Waals surface area contributed by atoms with E-state index in [0.29, 0.717) is 28.6 Å². The first-order valence-electron chi connectivity index (χ1n) is 8.85. The maximum Gasteiger partial charge on any atom is 0.286 e. The van der Waals surface area contributed by atoms with E-state index in [4.69, 9.17) is 4.42 Å². The first-order chi connectivity index (χ1) is 14.1. The number of aromatic amines is 1. The number of H-pyrrole nitrogens is 1. The Morgan fingerprint density at radius 3 is 2.28 bits per heavy atom. The Morgan fingerprint density at radius 2 is 1.59 bits per heavy atom. The van der Waals surface area contributed by atoms with Crippen molar-refractivity contribution in [1.29, 1.82) is 0 Å². The number of nitrogens with zero attached hydrogens (tertiary/aromatic N) is 2. The van der Waals surface area contributed by atoms with Gasteiger partial charge in [-0.1, -0.05) is 17.7 Å². The molecule has 2 aromatic heterocycles. The molecule has 3 N–H and O–H groups in total. The monoisotopic (exact) mass is 387 g/mol. The summed E-state index contributed by atoms with van der Waals surface area (Å²) in [6.07, 6.45) is 1.62. The lowest BCUT2D eigenvalue weighted by atomic mass is 10.1. The van der Waals surface area contributed by atoms with Crippen molar-refractivity contribution < 1.29 is 14.0 Å². The minimum atomic E-state index is -0.442. The quantitative estimate of drug-likeness (QED) is 0.466. The molecule has 144 valence electrons. The molecule has 0 aliphatic carbocycles. The number of amides is 2. The normalized spacial score (nSPS) is 10.5. The minimum Gasteiger partial charge on any atom is -0.416 e. The van der Waals surface area contributed by atoms with Gasteiger partial charge in [0.15, 0.2) is 0 Å². The van der Waals surface area contributed by atoms with Crippen molar-refractivity contribution in [1.82, 2.24) is 26.0 Å².